The van der Waals surface area contributed by atoms with Gasteiger partial charge in [-0.25, -0.2) is 0 Å². The molecule has 2 heterocycles. The summed E-state index contributed by atoms with van der Waals surface area (Å²) in [7, 11) is 0. The minimum absolute atomic E-state index is 0.0150. The molecule has 0 aliphatic carbocycles. The number of ether oxygens (including phenoxy) is 2. The van der Waals surface area contributed by atoms with Crippen molar-refractivity contribution in [2.45, 2.75) is 50.5 Å². The Balaban J connectivity index is 1.40. The Morgan fingerprint density at radius 2 is 1.66 bits per heavy atom. The van der Waals surface area contributed by atoms with E-state index in [9.17, 15) is 15.1 Å². The molecule has 1 aliphatic heterocycles. The van der Waals surface area contributed by atoms with Crippen molar-refractivity contribution in [2.75, 3.05) is 5.75 Å². The van der Waals surface area contributed by atoms with Gasteiger partial charge in [0.15, 0.2) is 12.5 Å². The molecule has 4 atom stereocenters. The monoisotopic (exact) mass is 570 g/mol. The number of hydrogen-bond donors (Lipinski definition) is 2. The summed E-state index contributed by atoms with van der Waals surface area (Å²) in [6.45, 7) is 4.07. The Bertz CT molecular complexity index is 1460. The number of aliphatic hydroxyl groups is 1. The van der Waals surface area contributed by atoms with Crippen molar-refractivity contribution in [1.29, 1.82) is 0 Å². The van der Waals surface area contributed by atoms with Gasteiger partial charge in [0.1, 0.15) is 0 Å². The molecule has 3 aromatic carbocycles. The molecule has 5 rings (SSSR count). The highest BCUT2D eigenvalue weighted by molar-refractivity contribution is 7.99. The van der Waals surface area contributed by atoms with Crippen LogP contribution in [0, 0.1) is 11.1 Å². The highest BCUT2D eigenvalue weighted by Gasteiger charge is 2.38. The number of thioether (sulfide) groups is 1. The predicted octanol–water partition coefficient (Wildman–Crippen LogP) is 5.70. The summed E-state index contributed by atoms with van der Waals surface area (Å²) < 4.78 is 14.0. The summed E-state index contributed by atoms with van der Waals surface area (Å²) in [5, 5.41) is 25.2. The van der Waals surface area contributed by atoms with Crippen LogP contribution in [0.5, 0.6) is 0 Å². The summed E-state index contributed by atoms with van der Waals surface area (Å²) in [5.41, 5.74) is 5.87. The van der Waals surface area contributed by atoms with Gasteiger partial charge in [-0.2, -0.15) is 4.73 Å². The molecule has 4 aromatic rings. The van der Waals surface area contributed by atoms with Gasteiger partial charge in [0.05, 0.1) is 18.8 Å². The first-order valence-corrected chi connectivity index (χ1v) is 14.7. The SMILES string of the molecule is CC(=O)NCc1ccccc1-c1ccc([C@@H]2O[C@H](CSc3cccc[n+]3[O-])[C@H](C)[C@H](c3ccc(CO)cc3)O2)cc1. The molecule has 1 fully saturated rings. The fourth-order valence-electron chi connectivity index (χ4n) is 5.00. The molecule has 0 spiro atoms. The van der Waals surface area contributed by atoms with Gasteiger partial charge in [0, 0.05) is 42.8 Å². The molecule has 0 saturated carbocycles. The van der Waals surface area contributed by atoms with E-state index in [0.717, 1.165) is 38.1 Å². The summed E-state index contributed by atoms with van der Waals surface area (Å²) in [6, 6.07) is 29.4. The lowest BCUT2D eigenvalue weighted by atomic mass is 9.91. The maximum atomic E-state index is 12.2. The lowest BCUT2D eigenvalue weighted by molar-refractivity contribution is -0.645. The zero-order chi connectivity index (χ0) is 28.8. The maximum absolute atomic E-state index is 12.2. The van der Waals surface area contributed by atoms with E-state index in [2.05, 4.69) is 12.2 Å². The van der Waals surface area contributed by atoms with Gasteiger partial charge >= 0.3 is 0 Å². The second-order valence-electron chi connectivity index (χ2n) is 10.2. The number of carbonyl (C=O) groups is 1. The van der Waals surface area contributed by atoms with Crippen molar-refractivity contribution in [2.24, 2.45) is 5.92 Å². The lowest BCUT2D eigenvalue weighted by Gasteiger charge is -2.41. The number of pyridine rings is 1. The van der Waals surface area contributed by atoms with Gasteiger partial charge in [-0.1, -0.05) is 91.5 Å². The van der Waals surface area contributed by atoms with E-state index in [1.54, 1.807) is 6.07 Å². The van der Waals surface area contributed by atoms with Crippen LogP contribution >= 0.6 is 11.8 Å². The van der Waals surface area contributed by atoms with E-state index >= 15 is 0 Å². The fourth-order valence-corrected chi connectivity index (χ4v) is 6.08. The number of nitrogens with zero attached hydrogens (tertiary/aromatic N) is 1. The molecular weight excluding hydrogens is 536 g/mol. The number of rotatable bonds is 9. The van der Waals surface area contributed by atoms with Crippen molar-refractivity contribution < 1.29 is 24.1 Å². The predicted molar refractivity (Wildman–Crippen MR) is 158 cm³/mol. The summed E-state index contributed by atoms with van der Waals surface area (Å²) >= 11 is 1.47. The van der Waals surface area contributed by atoms with Crippen LogP contribution in [-0.2, 0) is 27.4 Å². The smallest absolute Gasteiger partial charge is 0.251 e. The summed E-state index contributed by atoms with van der Waals surface area (Å²) in [6.07, 6.45) is 0.485. The van der Waals surface area contributed by atoms with Crippen LogP contribution < -0.4 is 10.0 Å². The third kappa shape index (κ3) is 6.97. The molecule has 41 heavy (non-hydrogen) atoms. The van der Waals surface area contributed by atoms with Gasteiger partial charge in [-0.05, 0) is 33.9 Å². The minimum Gasteiger partial charge on any atom is -0.618 e. The fraction of sp³-hybridized carbons (Fsp3) is 0.273. The number of aliphatic hydroxyl groups excluding tert-OH is 1. The second-order valence-corrected chi connectivity index (χ2v) is 11.2. The van der Waals surface area contributed by atoms with E-state index in [1.165, 1.54) is 24.9 Å². The van der Waals surface area contributed by atoms with E-state index in [4.69, 9.17) is 9.47 Å². The van der Waals surface area contributed by atoms with E-state index in [-0.39, 0.29) is 30.6 Å². The molecular formula is C33H34N2O5S. The van der Waals surface area contributed by atoms with E-state index in [1.807, 2.05) is 84.9 Å². The number of hydrogen-bond acceptors (Lipinski definition) is 6. The maximum Gasteiger partial charge on any atom is 0.251 e. The molecule has 1 amide bonds. The topological polar surface area (TPSA) is 94.7 Å². The first kappa shape index (κ1) is 28.8. The number of carbonyl (C=O) groups excluding carboxylic acids is 1. The molecule has 212 valence electrons. The van der Waals surface area contributed by atoms with Crippen LogP contribution in [0.15, 0.2) is 102 Å². The Labute approximate surface area is 244 Å². The average molecular weight is 571 g/mol. The molecule has 1 aliphatic rings. The Hall–Kier alpha value is -3.69. The van der Waals surface area contributed by atoms with Gasteiger partial charge in [-0.3, -0.25) is 4.79 Å². The van der Waals surface area contributed by atoms with Gasteiger partial charge in [-0.15, -0.1) is 0 Å². The Kier molecular flexibility index (Phi) is 9.36. The van der Waals surface area contributed by atoms with Crippen LogP contribution in [0.3, 0.4) is 0 Å². The second kappa shape index (κ2) is 13.3. The van der Waals surface area contributed by atoms with E-state index in [0.29, 0.717) is 17.3 Å². The highest BCUT2D eigenvalue weighted by atomic mass is 32.2. The number of amides is 1. The van der Waals surface area contributed by atoms with Crippen molar-refractivity contribution in [3.63, 3.8) is 0 Å². The third-order valence-corrected chi connectivity index (χ3v) is 8.45. The Morgan fingerprint density at radius 3 is 2.37 bits per heavy atom. The average Bonchev–Trinajstić information content (AvgIpc) is 3.00. The van der Waals surface area contributed by atoms with Crippen molar-refractivity contribution in [1.82, 2.24) is 5.32 Å². The normalized spacial score (nSPS) is 20.5. The molecule has 0 radical (unpaired) electrons. The number of aromatic nitrogens is 1. The highest BCUT2D eigenvalue weighted by Crippen LogP contribution is 2.43. The van der Waals surface area contributed by atoms with Crippen LogP contribution in [0.2, 0.25) is 0 Å². The quantitative estimate of drug-likeness (QED) is 0.152. The molecule has 1 aromatic heterocycles. The summed E-state index contributed by atoms with van der Waals surface area (Å²) in [5.74, 6) is 0.539. The largest absolute Gasteiger partial charge is 0.618 e. The number of benzene rings is 3. The lowest BCUT2D eigenvalue weighted by Crippen LogP contribution is -2.39. The first-order valence-electron chi connectivity index (χ1n) is 13.7. The third-order valence-electron chi connectivity index (χ3n) is 7.35. The number of nitrogens with one attached hydrogen (secondary N) is 1. The summed E-state index contributed by atoms with van der Waals surface area (Å²) in [4.78, 5) is 11.5. The van der Waals surface area contributed by atoms with Crippen molar-refractivity contribution in [3.05, 3.63) is 125 Å². The molecule has 0 unspecified atom stereocenters. The standard InChI is InChI=1S/C33H34N2O5S/c1-22-30(21-41-31-9-5-6-18-35(31)38)39-33(40-32(22)26-12-10-24(20-36)11-13-26)27-16-14-25(15-17-27)29-8-4-3-7-28(29)19-34-23(2)37/h3-18,22,30,32-33,36H,19-21H2,1-2H3,(H,34,37)/t22-,30+,32+,33+/m0/s1. The van der Waals surface area contributed by atoms with Gasteiger partial charge in [0.2, 0.25) is 5.91 Å². The van der Waals surface area contributed by atoms with Crippen LogP contribution in [0.25, 0.3) is 11.1 Å². The minimum atomic E-state index is -0.599. The van der Waals surface area contributed by atoms with Crippen LogP contribution in [0.4, 0.5) is 0 Å². The van der Waals surface area contributed by atoms with Crippen molar-refractivity contribution >= 4 is 17.7 Å². The zero-order valence-corrected chi connectivity index (χ0v) is 23.9. The van der Waals surface area contributed by atoms with E-state index < -0.39 is 6.29 Å². The van der Waals surface area contributed by atoms with Gasteiger partial charge in [0.25, 0.3) is 5.03 Å². The zero-order valence-electron chi connectivity index (χ0n) is 23.1. The molecule has 0 bridgehead atoms. The molecule has 7 nitrogen and oxygen atoms in total. The Morgan fingerprint density at radius 1 is 0.951 bits per heavy atom. The molecule has 2 N–H and O–H groups in total. The first-order chi connectivity index (χ1) is 19.9. The van der Waals surface area contributed by atoms with Gasteiger partial charge < -0.3 is 25.1 Å². The molecule has 8 heteroatoms. The van der Waals surface area contributed by atoms with Crippen molar-refractivity contribution in [3.8, 4) is 11.1 Å². The molecule has 1 saturated heterocycles. The van der Waals surface area contributed by atoms with Crippen LogP contribution in [-0.4, -0.2) is 22.9 Å². The van der Waals surface area contributed by atoms with Crippen LogP contribution in [0.1, 0.15) is 48.5 Å².